The van der Waals surface area contributed by atoms with Gasteiger partial charge in [-0.05, 0) is 36.4 Å². The van der Waals surface area contributed by atoms with Crippen LogP contribution in [0.3, 0.4) is 0 Å². The standard InChI is InChI=1S/C18H12ClF2N3O/c19-13-3-1-2-4-16(13)24-18(25)11-5-8-17(22-10-11)23-12-6-7-14(20)15(21)9-12/h1-10H,(H,22,23)(H,24,25). The van der Waals surface area contributed by atoms with Gasteiger partial charge in [0.25, 0.3) is 5.91 Å². The van der Waals surface area contributed by atoms with Crippen LogP contribution in [-0.2, 0) is 0 Å². The highest BCUT2D eigenvalue weighted by molar-refractivity contribution is 6.33. The minimum Gasteiger partial charge on any atom is -0.340 e. The Labute approximate surface area is 147 Å². The van der Waals surface area contributed by atoms with Gasteiger partial charge in [0, 0.05) is 18.0 Å². The predicted octanol–water partition coefficient (Wildman–Crippen LogP) is 5.01. The number of benzene rings is 2. The lowest BCUT2D eigenvalue weighted by Crippen LogP contribution is -2.12. The maximum Gasteiger partial charge on any atom is 0.257 e. The van der Waals surface area contributed by atoms with Gasteiger partial charge < -0.3 is 10.6 Å². The van der Waals surface area contributed by atoms with Crippen LogP contribution in [0.1, 0.15) is 10.4 Å². The maximum atomic E-state index is 13.2. The maximum absolute atomic E-state index is 13.2. The van der Waals surface area contributed by atoms with E-state index in [0.29, 0.717) is 27.8 Å². The minimum absolute atomic E-state index is 0.329. The fourth-order valence-corrected chi connectivity index (χ4v) is 2.26. The van der Waals surface area contributed by atoms with Crippen molar-refractivity contribution in [3.63, 3.8) is 0 Å². The van der Waals surface area contributed by atoms with Gasteiger partial charge in [-0.15, -0.1) is 0 Å². The number of para-hydroxylation sites is 1. The van der Waals surface area contributed by atoms with E-state index in [1.165, 1.54) is 12.3 Å². The highest BCUT2D eigenvalue weighted by Gasteiger charge is 2.09. The number of carbonyl (C=O) groups is 1. The molecule has 0 saturated heterocycles. The third kappa shape index (κ3) is 4.10. The molecule has 0 bridgehead atoms. The summed E-state index contributed by atoms with van der Waals surface area (Å²) in [6.45, 7) is 0. The molecule has 0 saturated carbocycles. The molecule has 25 heavy (non-hydrogen) atoms. The third-order valence-electron chi connectivity index (χ3n) is 3.34. The molecule has 1 aromatic heterocycles. The second-order valence-electron chi connectivity index (χ2n) is 5.12. The molecule has 0 radical (unpaired) electrons. The molecule has 7 heteroatoms. The number of carbonyl (C=O) groups excluding carboxylic acids is 1. The van der Waals surface area contributed by atoms with Crippen LogP contribution in [0.15, 0.2) is 60.8 Å². The second kappa shape index (κ2) is 7.27. The molecule has 0 unspecified atom stereocenters. The first kappa shape index (κ1) is 16.9. The summed E-state index contributed by atoms with van der Waals surface area (Å²) in [6.07, 6.45) is 1.37. The van der Waals surface area contributed by atoms with Gasteiger partial charge in [0.2, 0.25) is 0 Å². The van der Waals surface area contributed by atoms with Crippen molar-refractivity contribution in [3.8, 4) is 0 Å². The minimum atomic E-state index is -0.958. The Morgan fingerprint density at radius 3 is 2.48 bits per heavy atom. The largest absolute Gasteiger partial charge is 0.340 e. The molecule has 0 aliphatic rings. The number of amides is 1. The van der Waals surface area contributed by atoms with Gasteiger partial charge in [-0.25, -0.2) is 13.8 Å². The average molecular weight is 360 g/mol. The molecule has 0 aliphatic heterocycles. The molecule has 2 aromatic carbocycles. The molecule has 4 nitrogen and oxygen atoms in total. The van der Waals surface area contributed by atoms with E-state index < -0.39 is 11.6 Å². The quantitative estimate of drug-likeness (QED) is 0.688. The van der Waals surface area contributed by atoms with E-state index in [4.69, 9.17) is 11.6 Å². The van der Waals surface area contributed by atoms with Gasteiger partial charge in [0.05, 0.1) is 16.3 Å². The summed E-state index contributed by atoms with van der Waals surface area (Å²) in [4.78, 5) is 16.3. The van der Waals surface area contributed by atoms with E-state index >= 15 is 0 Å². The Balaban J connectivity index is 1.70. The van der Waals surface area contributed by atoms with Gasteiger partial charge in [-0.3, -0.25) is 4.79 Å². The van der Waals surface area contributed by atoms with E-state index in [1.54, 1.807) is 36.4 Å². The number of pyridine rings is 1. The smallest absolute Gasteiger partial charge is 0.257 e. The summed E-state index contributed by atoms with van der Waals surface area (Å²) in [7, 11) is 0. The first-order chi connectivity index (χ1) is 12.0. The summed E-state index contributed by atoms with van der Waals surface area (Å²) < 4.78 is 26.1. The van der Waals surface area contributed by atoms with Crippen LogP contribution in [0.5, 0.6) is 0 Å². The topological polar surface area (TPSA) is 54.0 Å². The lowest BCUT2D eigenvalue weighted by Gasteiger charge is -2.08. The lowest BCUT2D eigenvalue weighted by molar-refractivity contribution is 0.102. The molecule has 0 aliphatic carbocycles. The highest BCUT2D eigenvalue weighted by Crippen LogP contribution is 2.22. The molecular formula is C18H12ClF2N3O. The fraction of sp³-hybridized carbons (Fsp3) is 0. The molecular weight excluding hydrogens is 348 g/mol. The van der Waals surface area contributed by atoms with Gasteiger partial charge in [0.15, 0.2) is 11.6 Å². The number of halogens is 3. The second-order valence-corrected chi connectivity index (χ2v) is 5.53. The van der Waals surface area contributed by atoms with Gasteiger partial charge >= 0.3 is 0 Å². The van der Waals surface area contributed by atoms with E-state index in [9.17, 15) is 13.6 Å². The summed E-state index contributed by atoms with van der Waals surface area (Å²) >= 11 is 6.00. The molecule has 1 amide bonds. The Morgan fingerprint density at radius 1 is 1.00 bits per heavy atom. The lowest BCUT2D eigenvalue weighted by atomic mass is 10.2. The normalized spacial score (nSPS) is 10.4. The number of aromatic nitrogens is 1. The van der Waals surface area contributed by atoms with Crippen LogP contribution in [0.4, 0.5) is 26.0 Å². The Kier molecular flexibility index (Phi) is 4.90. The highest BCUT2D eigenvalue weighted by atomic mass is 35.5. The number of anilines is 3. The van der Waals surface area contributed by atoms with Crippen LogP contribution in [0.25, 0.3) is 0 Å². The van der Waals surface area contributed by atoms with Crippen molar-refractivity contribution < 1.29 is 13.6 Å². The van der Waals surface area contributed by atoms with E-state index in [-0.39, 0.29) is 5.91 Å². The Morgan fingerprint density at radius 2 is 1.80 bits per heavy atom. The van der Waals surface area contributed by atoms with Gasteiger partial charge in [-0.2, -0.15) is 0 Å². The van der Waals surface area contributed by atoms with Crippen molar-refractivity contribution >= 4 is 34.7 Å². The summed E-state index contributed by atoms with van der Waals surface area (Å²) in [5.74, 6) is -1.86. The molecule has 3 rings (SSSR count). The zero-order valence-electron chi connectivity index (χ0n) is 12.8. The zero-order chi connectivity index (χ0) is 17.8. The number of hydrogen-bond acceptors (Lipinski definition) is 3. The van der Waals surface area contributed by atoms with Crippen molar-refractivity contribution in [2.24, 2.45) is 0 Å². The third-order valence-corrected chi connectivity index (χ3v) is 3.67. The average Bonchev–Trinajstić information content (AvgIpc) is 2.61. The van der Waals surface area contributed by atoms with Crippen LogP contribution < -0.4 is 10.6 Å². The zero-order valence-corrected chi connectivity index (χ0v) is 13.5. The van der Waals surface area contributed by atoms with E-state index in [2.05, 4.69) is 15.6 Å². The van der Waals surface area contributed by atoms with Crippen LogP contribution >= 0.6 is 11.6 Å². The molecule has 2 N–H and O–H groups in total. The number of nitrogens with one attached hydrogen (secondary N) is 2. The van der Waals surface area contributed by atoms with E-state index in [0.717, 1.165) is 12.1 Å². The predicted molar refractivity (Wildman–Crippen MR) is 93.3 cm³/mol. The Hall–Kier alpha value is -2.99. The van der Waals surface area contributed by atoms with Crippen LogP contribution in [0, 0.1) is 11.6 Å². The SMILES string of the molecule is O=C(Nc1ccccc1Cl)c1ccc(Nc2ccc(F)c(F)c2)nc1. The van der Waals surface area contributed by atoms with Crippen molar-refractivity contribution in [2.45, 2.75) is 0 Å². The van der Waals surface area contributed by atoms with Crippen molar-refractivity contribution in [2.75, 3.05) is 10.6 Å². The molecule has 1 heterocycles. The molecule has 0 atom stereocenters. The van der Waals surface area contributed by atoms with Crippen molar-refractivity contribution in [1.82, 2.24) is 4.98 Å². The first-order valence-corrected chi connectivity index (χ1v) is 7.65. The van der Waals surface area contributed by atoms with Crippen molar-refractivity contribution in [3.05, 3.63) is 83.0 Å². The summed E-state index contributed by atoms with van der Waals surface area (Å²) in [5.41, 5.74) is 1.17. The van der Waals surface area contributed by atoms with Gasteiger partial charge in [-0.1, -0.05) is 23.7 Å². The molecule has 0 fully saturated rings. The van der Waals surface area contributed by atoms with Crippen LogP contribution in [0.2, 0.25) is 5.02 Å². The molecule has 0 spiro atoms. The summed E-state index contributed by atoms with van der Waals surface area (Å²) in [6, 6.07) is 13.4. The molecule has 126 valence electrons. The number of hydrogen-bond donors (Lipinski definition) is 2. The van der Waals surface area contributed by atoms with Gasteiger partial charge in [0.1, 0.15) is 5.82 Å². The number of rotatable bonds is 4. The molecule has 3 aromatic rings. The Bertz CT molecular complexity index is 916. The van der Waals surface area contributed by atoms with E-state index in [1.807, 2.05) is 0 Å². The fourth-order valence-electron chi connectivity index (χ4n) is 2.08. The monoisotopic (exact) mass is 359 g/mol. The number of nitrogens with zero attached hydrogens (tertiary/aromatic N) is 1. The van der Waals surface area contributed by atoms with Crippen LogP contribution in [-0.4, -0.2) is 10.9 Å². The van der Waals surface area contributed by atoms with Crippen molar-refractivity contribution in [1.29, 1.82) is 0 Å². The summed E-state index contributed by atoms with van der Waals surface area (Å²) in [5, 5.41) is 5.94. The first-order valence-electron chi connectivity index (χ1n) is 7.27.